The van der Waals surface area contributed by atoms with E-state index in [0.717, 1.165) is 11.6 Å². The summed E-state index contributed by atoms with van der Waals surface area (Å²) >= 11 is 0. The Balaban J connectivity index is 1.92. The summed E-state index contributed by atoms with van der Waals surface area (Å²) in [5.74, 6) is 1.63. The highest BCUT2D eigenvalue weighted by atomic mass is 16.5. The van der Waals surface area contributed by atoms with Crippen molar-refractivity contribution < 1.29 is 9.84 Å². The average molecular weight is 249 g/mol. The van der Waals surface area contributed by atoms with Gasteiger partial charge >= 0.3 is 0 Å². The molecule has 1 saturated carbocycles. The highest BCUT2D eigenvalue weighted by Crippen LogP contribution is 2.32. The lowest BCUT2D eigenvalue weighted by molar-refractivity contribution is 0.330. The number of nitrogens with one attached hydrogen (secondary N) is 1. The van der Waals surface area contributed by atoms with E-state index < -0.39 is 0 Å². The van der Waals surface area contributed by atoms with Gasteiger partial charge in [0.25, 0.3) is 0 Å². The van der Waals surface area contributed by atoms with Crippen LogP contribution in [0.2, 0.25) is 0 Å². The Morgan fingerprint density at radius 3 is 2.56 bits per heavy atom. The van der Waals surface area contributed by atoms with Crippen LogP contribution in [-0.4, -0.2) is 18.3 Å². The maximum absolute atomic E-state index is 9.74. The van der Waals surface area contributed by atoms with Gasteiger partial charge in [-0.3, -0.25) is 0 Å². The van der Waals surface area contributed by atoms with Crippen molar-refractivity contribution in [2.24, 2.45) is 5.92 Å². The van der Waals surface area contributed by atoms with E-state index >= 15 is 0 Å². The molecule has 0 spiro atoms. The summed E-state index contributed by atoms with van der Waals surface area (Å²) < 4.78 is 5.04. The minimum atomic E-state index is 0.199. The van der Waals surface area contributed by atoms with Crippen LogP contribution in [0.1, 0.15) is 39.0 Å². The molecule has 0 radical (unpaired) electrons. The molecule has 18 heavy (non-hydrogen) atoms. The van der Waals surface area contributed by atoms with Crippen LogP contribution in [0.4, 0.5) is 5.69 Å². The normalized spacial score (nSPS) is 23.7. The van der Waals surface area contributed by atoms with Crippen molar-refractivity contribution in [1.29, 1.82) is 0 Å². The second kappa shape index (κ2) is 5.98. The smallest absolute Gasteiger partial charge is 0.160 e. The molecule has 1 aromatic rings. The van der Waals surface area contributed by atoms with E-state index in [4.69, 9.17) is 4.74 Å². The van der Waals surface area contributed by atoms with Gasteiger partial charge in [-0.25, -0.2) is 0 Å². The van der Waals surface area contributed by atoms with E-state index in [0.29, 0.717) is 11.8 Å². The number of ether oxygens (including phenoxy) is 1. The number of anilines is 1. The Morgan fingerprint density at radius 2 is 2.00 bits per heavy atom. The second-order valence-corrected chi connectivity index (χ2v) is 5.16. The summed E-state index contributed by atoms with van der Waals surface area (Å²) in [6, 6.07) is 6.05. The van der Waals surface area contributed by atoms with Crippen molar-refractivity contribution in [2.45, 2.75) is 45.1 Å². The summed E-state index contributed by atoms with van der Waals surface area (Å²) in [6.45, 7) is 2.28. The van der Waals surface area contributed by atoms with Gasteiger partial charge in [0.2, 0.25) is 0 Å². The Kier molecular flexibility index (Phi) is 4.34. The highest BCUT2D eigenvalue weighted by Gasteiger charge is 2.19. The number of hydrogen-bond donors (Lipinski definition) is 2. The molecule has 1 aliphatic carbocycles. The lowest BCUT2D eigenvalue weighted by Gasteiger charge is -2.29. The van der Waals surface area contributed by atoms with Gasteiger partial charge in [0.05, 0.1) is 7.11 Å². The van der Waals surface area contributed by atoms with E-state index in [9.17, 15) is 5.11 Å². The molecular weight excluding hydrogens is 226 g/mol. The van der Waals surface area contributed by atoms with Gasteiger partial charge in [0.1, 0.15) is 0 Å². The van der Waals surface area contributed by atoms with E-state index in [2.05, 4.69) is 12.2 Å². The third-order valence-corrected chi connectivity index (χ3v) is 3.97. The van der Waals surface area contributed by atoms with Crippen molar-refractivity contribution in [2.75, 3.05) is 12.4 Å². The monoisotopic (exact) mass is 249 g/mol. The first-order chi connectivity index (χ1) is 8.72. The molecule has 0 bridgehead atoms. The van der Waals surface area contributed by atoms with Crippen molar-refractivity contribution in [3.05, 3.63) is 18.2 Å². The van der Waals surface area contributed by atoms with Crippen molar-refractivity contribution in [1.82, 2.24) is 0 Å². The fourth-order valence-corrected chi connectivity index (χ4v) is 2.73. The molecule has 0 aromatic heterocycles. The van der Waals surface area contributed by atoms with Gasteiger partial charge in [0, 0.05) is 17.8 Å². The molecule has 3 nitrogen and oxygen atoms in total. The van der Waals surface area contributed by atoms with Crippen molar-refractivity contribution in [3.8, 4) is 11.5 Å². The molecule has 0 unspecified atom stereocenters. The number of hydrogen-bond acceptors (Lipinski definition) is 3. The maximum atomic E-state index is 9.74. The van der Waals surface area contributed by atoms with E-state index in [1.807, 2.05) is 6.07 Å². The second-order valence-electron chi connectivity index (χ2n) is 5.16. The minimum Gasteiger partial charge on any atom is -0.504 e. The van der Waals surface area contributed by atoms with Gasteiger partial charge in [-0.1, -0.05) is 13.3 Å². The van der Waals surface area contributed by atoms with Gasteiger partial charge in [-0.15, -0.1) is 0 Å². The van der Waals surface area contributed by atoms with Crippen molar-refractivity contribution >= 4 is 5.69 Å². The number of phenols is 1. The molecule has 3 heteroatoms. The molecule has 1 fully saturated rings. The average Bonchev–Trinajstić information content (AvgIpc) is 2.40. The first-order valence-electron chi connectivity index (χ1n) is 6.86. The van der Waals surface area contributed by atoms with Gasteiger partial charge < -0.3 is 15.2 Å². The molecule has 0 saturated heterocycles. The van der Waals surface area contributed by atoms with Crippen molar-refractivity contribution in [3.63, 3.8) is 0 Å². The first kappa shape index (κ1) is 13.1. The summed E-state index contributed by atoms with van der Waals surface area (Å²) in [5.41, 5.74) is 0.980. The fraction of sp³-hybridized carbons (Fsp3) is 0.600. The van der Waals surface area contributed by atoms with Crippen LogP contribution in [0.25, 0.3) is 0 Å². The van der Waals surface area contributed by atoms with Crippen LogP contribution in [0.15, 0.2) is 18.2 Å². The Bertz CT molecular complexity index is 384. The van der Waals surface area contributed by atoms with Gasteiger partial charge in [-0.05, 0) is 43.7 Å². The van der Waals surface area contributed by atoms with Crippen LogP contribution in [0.5, 0.6) is 11.5 Å². The molecular formula is C15H23NO2. The third-order valence-electron chi connectivity index (χ3n) is 3.97. The summed E-state index contributed by atoms with van der Waals surface area (Å²) in [4.78, 5) is 0. The SMILES string of the molecule is CCC1CCC(Nc2ccc(OC)c(O)c2)CC1. The standard InChI is InChI=1S/C15H23NO2/c1-3-11-4-6-12(7-5-11)16-13-8-9-15(18-2)14(17)10-13/h8-12,16-17H,3-7H2,1-2H3. The minimum absolute atomic E-state index is 0.199. The summed E-state index contributed by atoms with van der Waals surface area (Å²) in [6.07, 6.45) is 6.39. The zero-order valence-electron chi connectivity index (χ0n) is 11.3. The number of methoxy groups -OCH3 is 1. The maximum Gasteiger partial charge on any atom is 0.160 e. The lowest BCUT2D eigenvalue weighted by Crippen LogP contribution is -2.25. The number of phenolic OH excluding ortho intramolecular Hbond substituents is 1. The Labute approximate surface area is 109 Å². The number of benzene rings is 1. The highest BCUT2D eigenvalue weighted by molar-refractivity contribution is 5.54. The Hall–Kier alpha value is -1.38. The fourth-order valence-electron chi connectivity index (χ4n) is 2.73. The molecule has 0 heterocycles. The third kappa shape index (κ3) is 3.09. The molecule has 0 atom stereocenters. The molecule has 0 aliphatic heterocycles. The van der Waals surface area contributed by atoms with Crippen LogP contribution in [0, 0.1) is 5.92 Å². The first-order valence-corrected chi connectivity index (χ1v) is 6.86. The summed E-state index contributed by atoms with van der Waals surface area (Å²) in [7, 11) is 1.56. The summed E-state index contributed by atoms with van der Waals surface area (Å²) in [5, 5.41) is 13.2. The van der Waals surface area contributed by atoms with Gasteiger partial charge in [0.15, 0.2) is 11.5 Å². The molecule has 2 N–H and O–H groups in total. The topological polar surface area (TPSA) is 41.5 Å². The lowest BCUT2D eigenvalue weighted by atomic mass is 9.84. The number of aromatic hydroxyl groups is 1. The van der Waals surface area contributed by atoms with Crippen LogP contribution in [0.3, 0.4) is 0 Å². The van der Waals surface area contributed by atoms with Crippen LogP contribution in [-0.2, 0) is 0 Å². The Morgan fingerprint density at radius 1 is 1.28 bits per heavy atom. The zero-order valence-corrected chi connectivity index (χ0v) is 11.3. The van der Waals surface area contributed by atoms with Gasteiger partial charge in [-0.2, -0.15) is 0 Å². The largest absolute Gasteiger partial charge is 0.504 e. The number of rotatable bonds is 4. The van der Waals surface area contributed by atoms with E-state index in [1.54, 1.807) is 19.2 Å². The predicted molar refractivity (Wildman–Crippen MR) is 74.3 cm³/mol. The van der Waals surface area contributed by atoms with Crippen LogP contribution >= 0.6 is 0 Å². The van der Waals surface area contributed by atoms with E-state index in [1.165, 1.54) is 32.1 Å². The quantitative estimate of drug-likeness (QED) is 0.853. The molecule has 1 aliphatic rings. The van der Waals surface area contributed by atoms with E-state index in [-0.39, 0.29) is 5.75 Å². The molecule has 2 rings (SSSR count). The predicted octanol–water partition coefficient (Wildman–Crippen LogP) is 3.78. The molecule has 0 amide bonds. The molecule has 1 aromatic carbocycles. The van der Waals surface area contributed by atoms with Crippen LogP contribution < -0.4 is 10.1 Å². The molecule has 100 valence electrons. The zero-order chi connectivity index (χ0) is 13.0.